The van der Waals surface area contributed by atoms with E-state index in [9.17, 15) is 13.2 Å². The Kier molecular flexibility index (Phi) is 2.58. The van der Waals surface area contributed by atoms with Crippen molar-refractivity contribution in [1.29, 1.82) is 0 Å². The monoisotopic (exact) mass is 194 g/mol. The largest absolute Gasteiger partial charge is 0.470 e. The molecule has 3 nitrogen and oxygen atoms in total. The van der Waals surface area contributed by atoms with Crippen molar-refractivity contribution in [2.75, 3.05) is 0 Å². The highest BCUT2D eigenvalue weighted by Crippen LogP contribution is 2.29. The van der Waals surface area contributed by atoms with Crippen LogP contribution in [0, 0.1) is 0 Å². The molecule has 1 aromatic heterocycles. The van der Waals surface area contributed by atoms with Crippen LogP contribution < -0.4 is 0 Å². The summed E-state index contributed by atoms with van der Waals surface area (Å²) in [5.41, 5.74) is 0. The average molecular weight is 194 g/mol. The fourth-order valence-corrected chi connectivity index (χ4v) is 0.723. The quantitative estimate of drug-likeness (QED) is 0.726. The van der Waals surface area contributed by atoms with E-state index in [0.717, 1.165) is 0 Å². The SMILES string of the molecule is CCC(C)c1nnc(C(F)(F)F)o1. The van der Waals surface area contributed by atoms with E-state index in [-0.39, 0.29) is 11.8 Å². The fourth-order valence-electron chi connectivity index (χ4n) is 0.723. The highest BCUT2D eigenvalue weighted by molar-refractivity contribution is 4.91. The Labute approximate surface area is 73.0 Å². The van der Waals surface area contributed by atoms with Crippen LogP contribution >= 0.6 is 0 Å². The normalized spacial score (nSPS) is 14.5. The van der Waals surface area contributed by atoms with E-state index in [2.05, 4.69) is 14.6 Å². The molecule has 0 saturated heterocycles. The summed E-state index contributed by atoms with van der Waals surface area (Å²) in [5.74, 6) is -1.37. The van der Waals surface area contributed by atoms with Gasteiger partial charge < -0.3 is 4.42 Å². The van der Waals surface area contributed by atoms with Gasteiger partial charge in [-0.1, -0.05) is 13.8 Å². The van der Waals surface area contributed by atoms with Crippen molar-refractivity contribution in [2.24, 2.45) is 0 Å². The second kappa shape index (κ2) is 3.35. The third kappa shape index (κ3) is 2.19. The summed E-state index contributed by atoms with van der Waals surface area (Å²) >= 11 is 0. The Hall–Kier alpha value is -1.07. The molecule has 6 heteroatoms. The van der Waals surface area contributed by atoms with Crippen LogP contribution in [0.2, 0.25) is 0 Å². The number of hydrogen-bond acceptors (Lipinski definition) is 3. The van der Waals surface area contributed by atoms with Crippen molar-refractivity contribution >= 4 is 0 Å². The van der Waals surface area contributed by atoms with Crippen molar-refractivity contribution in [3.05, 3.63) is 11.8 Å². The molecular formula is C7H9F3N2O. The Morgan fingerprint density at radius 1 is 1.38 bits per heavy atom. The third-order valence-corrected chi connectivity index (χ3v) is 1.72. The molecule has 0 aliphatic carbocycles. The van der Waals surface area contributed by atoms with Gasteiger partial charge >= 0.3 is 12.1 Å². The van der Waals surface area contributed by atoms with E-state index in [0.29, 0.717) is 6.42 Å². The van der Waals surface area contributed by atoms with Crippen LogP contribution in [0.25, 0.3) is 0 Å². The van der Waals surface area contributed by atoms with Gasteiger partial charge in [0.25, 0.3) is 0 Å². The van der Waals surface area contributed by atoms with Crippen LogP contribution in [-0.2, 0) is 6.18 Å². The first kappa shape index (κ1) is 10.0. The first-order chi connectivity index (χ1) is 5.95. The van der Waals surface area contributed by atoms with Gasteiger partial charge in [-0.15, -0.1) is 10.2 Å². The number of aromatic nitrogens is 2. The van der Waals surface area contributed by atoms with Gasteiger partial charge in [-0.25, -0.2) is 0 Å². The zero-order valence-electron chi connectivity index (χ0n) is 7.22. The maximum atomic E-state index is 12.0. The van der Waals surface area contributed by atoms with Crippen molar-refractivity contribution in [3.63, 3.8) is 0 Å². The standard InChI is InChI=1S/C7H9F3N2O/c1-3-4(2)5-11-12-6(13-5)7(8,9)10/h4H,3H2,1-2H3. The number of hydrogen-bond donors (Lipinski definition) is 0. The molecule has 0 aliphatic rings. The van der Waals surface area contributed by atoms with Crippen molar-refractivity contribution < 1.29 is 17.6 Å². The first-order valence-electron chi connectivity index (χ1n) is 3.85. The minimum absolute atomic E-state index is 0.0369. The van der Waals surface area contributed by atoms with Crippen molar-refractivity contribution in [3.8, 4) is 0 Å². The zero-order chi connectivity index (χ0) is 10.1. The molecular weight excluding hydrogens is 185 g/mol. The Morgan fingerprint density at radius 3 is 2.38 bits per heavy atom. The molecule has 1 rings (SSSR count). The Bertz CT molecular complexity index is 282. The summed E-state index contributed by atoms with van der Waals surface area (Å²) in [7, 11) is 0. The number of rotatable bonds is 2. The van der Waals surface area contributed by atoms with Gasteiger partial charge in [0.05, 0.1) is 0 Å². The third-order valence-electron chi connectivity index (χ3n) is 1.72. The topological polar surface area (TPSA) is 38.9 Å². The summed E-state index contributed by atoms with van der Waals surface area (Å²) in [6, 6.07) is 0. The molecule has 1 heterocycles. The minimum atomic E-state index is -4.54. The summed E-state index contributed by atoms with van der Waals surface area (Å²) in [5, 5.41) is 6.23. The summed E-state index contributed by atoms with van der Waals surface area (Å²) in [6.07, 6.45) is -3.88. The zero-order valence-corrected chi connectivity index (χ0v) is 7.22. The lowest BCUT2D eigenvalue weighted by Gasteiger charge is -2.01. The fraction of sp³-hybridized carbons (Fsp3) is 0.714. The molecule has 1 aromatic rings. The number of halogens is 3. The highest BCUT2D eigenvalue weighted by Gasteiger charge is 2.38. The lowest BCUT2D eigenvalue weighted by atomic mass is 10.1. The molecule has 0 radical (unpaired) electrons. The van der Waals surface area contributed by atoms with Gasteiger partial charge in [-0.3, -0.25) is 0 Å². The molecule has 0 bridgehead atoms. The van der Waals surface area contributed by atoms with E-state index in [1.165, 1.54) is 0 Å². The summed E-state index contributed by atoms with van der Waals surface area (Å²) < 4.78 is 40.4. The molecule has 0 saturated carbocycles. The van der Waals surface area contributed by atoms with Gasteiger partial charge in [0.1, 0.15) is 0 Å². The van der Waals surface area contributed by atoms with Crippen LogP contribution in [0.3, 0.4) is 0 Å². The van der Waals surface area contributed by atoms with Crippen LogP contribution in [0.4, 0.5) is 13.2 Å². The minimum Gasteiger partial charge on any atom is -0.417 e. The van der Waals surface area contributed by atoms with E-state index in [4.69, 9.17) is 0 Å². The lowest BCUT2D eigenvalue weighted by Crippen LogP contribution is -2.04. The van der Waals surface area contributed by atoms with Crippen molar-refractivity contribution in [2.45, 2.75) is 32.4 Å². The molecule has 0 spiro atoms. The smallest absolute Gasteiger partial charge is 0.417 e. The maximum absolute atomic E-state index is 12.0. The second-order valence-electron chi connectivity index (χ2n) is 2.75. The van der Waals surface area contributed by atoms with Crippen LogP contribution in [0.15, 0.2) is 4.42 Å². The second-order valence-corrected chi connectivity index (χ2v) is 2.75. The molecule has 1 atom stereocenters. The number of alkyl halides is 3. The van der Waals surface area contributed by atoms with E-state index >= 15 is 0 Å². The van der Waals surface area contributed by atoms with E-state index in [1.54, 1.807) is 6.92 Å². The van der Waals surface area contributed by atoms with Crippen LogP contribution in [0.5, 0.6) is 0 Å². The summed E-state index contributed by atoms with van der Waals surface area (Å²) in [4.78, 5) is 0. The molecule has 0 N–H and O–H groups in total. The van der Waals surface area contributed by atoms with Crippen molar-refractivity contribution in [1.82, 2.24) is 10.2 Å². The predicted molar refractivity (Wildman–Crippen MR) is 38.0 cm³/mol. The molecule has 13 heavy (non-hydrogen) atoms. The molecule has 0 aromatic carbocycles. The number of nitrogens with zero attached hydrogens (tertiary/aromatic N) is 2. The van der Waals surface area contributed by atoms with E-state index < -0.39 is 12.1 Å². The average Bonchev–Trinajstić information content (AvgIpc) is 2.50. The van der Waals surface area contributed by atoms with Crippen LogP contribution in [0.1, 0.15) is 38.0 Å². The van der Waals surface area contributed by atoms with Gasteiger partial charge in [0.15, 0.2) is 0 Å². The lowest BCUT2D eigenvalue weighted by molar-refractivity contribution is -0.157. The summed E-state index contributed by atoms with van der Waals surface area (Å²) in [6.45, 7) is 3.57. The molecule has 0 amide bonds. The maximum Gasteiger partial charge on any atom is 0.470 e. The molecule has 74 valence electrons. The Balaban J connectivity index is 2.87. The first-order valence-corrected chi connectivity index (χ1v) is 3.85. The van der Waals surface area contributed by atoms with Gasteiger partial charge in [0, 0.05) is 5.92 Å². The molecule has 1 unspecified atom stereocenters. The molecule has 0 fully saturated rings. The molecule has 0 aliphatic heterocycles. The van der Waals surface area contributed by atoms with Gasteiger partial charge in [0.2, 0.25) is 5.89 Å². The predicted octanol–water partition coefficient (Wildman–Crippen LogP) is 2.60. The highest BCUT2D eigenvalue weighted by atomic mass is 19.4. The van der Waals surface area contributed by atoms with Crippen LogP contribution in [-0.4, -0.2) is 10.2 Å². The van der Waals surface area contributed by atoms with Gasteiger partial charge in [-0.2, -0.15) is 13.2 Å². The van der Waals surface area contributed by atoms with Gasteiger partial charge in [-0.05, 0) is 6.42 Å². The van der Waals surface area contributed by atoms with E-state index in [1.807, 2.05) is 6.92 Å². The Morgan fingerprint density at radius 2 is 2.00 bits per heavy atom.